The standard InChI is InChI=1S/C8H16N2O3.2C2HF3O2/c1-5(2)7(8(12)13)10-6(11)3-4-9;2*3-2(4,5)1(6)7/h5,7H,3-4,9H2,1-2H3,(H,10,11)(H,12,13);2*(H,6,7). The van der Waals surface area contributed by atoms with Crippen LogP contribution < -0.4 is 11.1 Å². The molecule has 0 heterocycles. The van der Waals surface area contributed by atoms with Crippen molar-refractivity contribution in [3.05, 3.63) is 0 Å². The number of halogens is 6. The van der Waals surface area contributed by atoms with Gasteiger partial charge in [-0.1, -0.05) is 13.8 Å². The first kappa shape index (κ1) is 29.2. The van der Waals surface area contributed by atoms with E-state index in [1.807, 2.05) is 0 Å². The second-order valence-corrected chi connectivity index (χ2v) is 4.77. The van der Waals surface area contributed by atoms with E-state index < -0.39 is 36.3 Å². The molecule has 9 nitrogen and oxygen atoms in total. The van der Waals surface area contributed by atoms with E-state index in [-0.39, 0.29) is 24.8 Å². The van der Waals surface area contributed by atoms with Gasteiger partial charge in [-0.05, 0) is 5.92 Å². The van der Waals surface area contributed by atoms with Crippen molar-refractivity contribution in [3.63, 3.8) is 0 Å². The summed E-state index contributed by atoms with van der Waals surface area (Å²) < 4.78 is 63.5. The molecule has 0 spiro atoms. The largest absolute Gasteiger partial charge is 0.490 e. The Morgan fingerprint density at radius 3 is 1.33 bits per heavy atom. The maximum Gasteiger partial charge on any atom is 0.490 e. The summed E-state index contributed by atoms with van der Waals surface area (Å²) >= 11 is 0. The number of amides is 1. The lowest BCUT2D eigenvalue weighted by atomic mass is 10.0. The Hall–Kier alpha value is -2.58. The molecule has 0 fully saturated rings. The van der Waals surface area contributed by atoms with Crippen LogP contribution >= 0.6 is 0 Å². The van der Waals surface area contributed by atoms with Crippen LogP contribution in [-0.4, -0.2) is 64.1 Å². The van der Waals surface area contributed by atoms with Crippen LogP contribution in [0.1, 0.15) is 20.3 Å². The molecule has 27 heavy (non-hydrogen) atoms. The van der Waals surface area contributed by atoms with Gasteiger partial charge in [0.1, 0.15) is 6.04 Å². The van der Waals surface area contributed by atoms with Crippen LogP contribution in [0.4, 0.5) is 26.3 Å². The van der Waals surface area contributed by atoms with Crippen LogP contribution in [0.5, 0.6) is 0 Å². The van der Waals surface area contributed by atoms with Gasteiger partial charge in [0.15, 0.2) is 0 Å². The maximum atomic E-state index is 11.0. The lowest BCUT2D eigenvalue weighted by Crippen LogP contribution is -2.44. The number of carboxylic acids is 3. The summed E-state index contributed by atoms with van der Waals surface area (Å²) in [6.07, 6.45) is -10.0. The van der Waals surface area contributed by atoms with E-state index in [0.29, 0.717) is 0 Å². The van der Waals surface area contributed by atoms with Gasteiger partial charge in [0.2, 0.25) is 5.91 Å². The summed E-state index contributed by atoms with van der Waals surface area (Å²) in [6, 6.07) is -0.820. The van der Waals surface area contributed by atoms with Crippen LogP contribution in [0, 0.1) is 5.92 Å². The molecule has 0 saturated heterocycles. The number of carbonyl (C=O) groups is 4. The highest BCUT2D eigenvalue weighted by Gasteiger charge is 2.38. The van der Waals surface area contributed by atoms with E-state index in [9.17, 15) is 35.9 Å². The fourth-order valence-electron chi connectivity index (χ4n) is 0.890. The van der Waals surface area contributed by atoms with Crippen molar-refractivity contribution in [2.75, 3.05) is 6.54 Å². The molecular formula is C12H18F6N2O7. The van der Waals surface area contributed by atoms with Gasteiger partial charge in [-0.2, -0.15) is 26.3 Å². The number of rotatable bonds is 5. The predicted molar refractivity (Wildman–Crippen MR) is 75.5 cm³/mol. The van der Waals surface area contributed by atoms with E-state index >= 15 is 0 Å². The molecule has 0 saturated carbocycles. The third kappa shape index (κ3) is 18.0. The summed E-state index contributed by atoms with van der Waals surface area (Å²) in [5, 5.41) is 25.4. The maximum absolute atomic E-state index is 11.0. The first-order chi connectivity index (χ1) is 11.9. The highest BCUT2D eigenvalue weighted by Crippen LogP contribution is 2.13. The van der Waals surface area contributed by atoms with E-state index in [0.717, 1.165) is 0 Å². The number of alkyl halides is 6. The van der Waals surface area contributed by atoms with Crippen LogP contribution in [0.25, 0.3) is 0 Å². The molecule has 0 rings (SSSR count). The fourth-order valence-corrected chi connectivity index (χ4v) is 0.890. The third-order valence-electron chi connectivity index (χ3n) is 2.11. The monoisotopic (exact) mass is 416 g/mol. The molecule has 1 unspecified atom stereocenters. The topological polar surface area (TPSA) is 167 Å². The van der Waals surface area contributed by atoms with Crippen molar-refractivity contribution in [1.82, 2.24) is 5.32 Å². The molecule has 1 amide bonds. The van der Waals surface area contributed by atoms with Crippen molar-refractivity contribution in [2.45, 2.75) is 38.7 Å². The Kier molecular flexibility index (Phi) is 13.8. The lowest BCUT2D eigenvalue weighted by Gasteiger charge is -2.17. The SMILES string of the molecule is CC(C)C(NC(=O)CCN)C(=O)O.O=C(O)C(F)(F)F.O=C(O)C(F)(F)F. The molecule has 0 aromatic rings. The normalized spacial score (nSPS) is 11.9. The van der Waals surface area contributed by atoms with Gasteiger partial charge < -0.3 is 26.4 Å². The molecule has 0 bridgehead atoms. The Morgan fingerprint density at radius 1 is 0.889 bits per heavy atom. The number of hydrogen-bond acceptors (Lipinski definition) is 5. The van der Waals surface area contributed by atoms with Crippen LogP contribution in [0.2, 0.25) is 0 Å². The molecular weight excluding hydrogens is 398 g/mol. The smallest absolute Gasteiger partial charge is 0.480 e. The number of carbonyl (C=O) groups excluding carboxylic acids is 1. The number of carboxylic acid groups (broad SMARTS) is 3. The molecule has 15 heteroatoms. The molecule has 0 aromatic heterocycles. The third-order valence-corrected chi connectivity index (χ3v) is 2.11. The first-order valence-electron chi connectivity index (χ1n) is 6.70. The summed E-state index contributed by atoms with van der Waals surface area (Å²) in [4.78, 5) is 39.4. The van der Waals surface area contributed by atoms with Crippen molar-refractivity contribution in [1.29, 1.82) is 0 Å². The molecule has 0 aliphatic heterocycles. The summed E-state index contributed by atoms with van der Waals surface area (Å²) in [5.74, 6) is -6.97. The minimum atomic E-state index is -5.08. The van der Waals surface area contributed by atoms with E-state index in [2.05, 4.69) is 5.32 Å². The second kappa shape index (κ2) is 12.7. The second-order valence-electron chi connectivity index (χ2n) is 4.77. The van der Waals surface area contributed by atoms with Gasteiger partial charge in [-0.3, -0.25) is 4.79 Å². The number of hydrogen-bond donors (Lipinski definition) is 5. The quantitative estimate of drug-likeness (QED) is 0.411. The Bertz CT molecular complexity index is 481. The van der Waals surface area contributed by atoms with Gasteiger partial charge in [0.05, 0.1) is 0 Å². The molecule has 0 aliphatic rings. The average molecular weight is 416 g/mol. The van der Waals surface area contributed by atoms with Crippen LogP contribution in [-0.2, 0) is 19.2 Å². The lowest BCUT2D eigenvalue weighted by molar-refractivity contribution is -0.193. The predicted octanol–water partition coefficient (Wildman–Crippen LogP) is 0.827. The van der Waals surface area contributed by atoms with E-state index in [4.69, 9.17) is 30.6 Å². The average Bonchev–Trinajstić information content (AvgIpc) is 2.43. The van der Waals surface area contributed by atoms with Crippen LogP contribution in [0.15, 0.2) is 0 Å². The summed E-state index contributed by atoms with van der Waals surface area (Å²) in [6.45, 7) is 3.71. The van der Waals surface area contributed by atoms with Crippen molar-refractivity contribution >= 4 is 23.8 Å². The summed E-state index contributed by atoms with van der Waals surface area (Å²) in [7, 11) is 0. The molecule has 160 valence electrons. The molecule has 0 aromatic carbocycles. The highest BCUT2D eigenvalue weighted by molar-refractivity contribution is 5.83. The minimum absolute atomic E-state index is 0.126. The fraction of sp³-hybridized carbons (Fsp3) is 0.667. The Balaban J connectivity index is -0.000000350. The summed E-state index contributed by atoms with van der Waals surface area (Å²) in [5.41, 5.74) is 5.15. The number of nitrogens with two attached hydrogens (primary N) is 1. The molecule has 1 atom stereocenters. The zero-order valence-corrected chi connectivity index (χ0v) is 13.9. The molecule has 0 aliphatic carbocycles. The van der Waals surface area contributed by atoms with Crippen molar-refractivity contribution < 1.29 is 60.8 Å². The van der Waals surface area contributed by atoms with Gasteiger partial charge in [0, 0.05) is 13.0 Å². The number of aliphatic carboxylic acids is 3. The van der Waals surface area contributed by atoms with Crippen molar-refractivity contribution in [3.8, 4) is 0 Å². The van der Waals surface area contributed by atoms with Gasteiger partial charge in [0.25, 0.3) is 0 Å². The zero-order valence-electron chi connectivity index (χ0n) is 13.9. The Morgan fingerprint density at radius 2 is 1.19 bits per heavy atom. The minimum Gasteiger partial charge on any atom is -0.480 e. The van der Waals surface area contributed by atoms with Gasteiger partial charge in [-0.25, -0.2) is 14.4 Å². The molecule has 6 N–H and O–H groups in total. The Labute approximate surface area is 148 Å². The van der Waals surface area contributed by atoms with Gasteiger partial charge >= 0.3 is 30.3 Å². The van der Waals surface area contributed by atoms with Crippen LogP contribution in [0.3, 0.4) is 0 Å². The first-order valence-corrected chi connectivity index (χ1v) is 6.70. The van der Waals surface area contributed by atoms with E-state index in [1.165, 1.54) is 0 Å². The zero-order chi connectivity index (χ0) is 22.6. The van der Waals surface area contributed by atoms with Gasteiger partial charge in [-0.15, -0.1) is 0 Å². The molecule has 0 radical (unpaired) electrons. The highest BCUT2D eigenvalue weighted by atomic mass is 19.4. The number of nitrogens with one attached hydrogen (secondary N) is 1. The van der Waals surface area contributed by atoms with Crippen molar-refractivity contribution in [2.24, 2.45) is 11.7 Å². The van der Waals surface area contributed by atoms with E-state index in [1.54, 1.807) is 13.8 Å².